The number of aryl methyl sites for hydroxylation is 1. The molecule has 1 aromatic heterocycles. The molecule has 1 heterocycles. The van der Waals surface area contributed by atoms with Gasteiger partial charge in [-0.15, -0.1) is 12.4 Å². The molecule has 2 N–H and O–H groups in total. The van der Waals surface area contributed by atoms with E-state index in [0.717, 1.165) is 11.3 Å². The van der Waals surface area contributed by atoms with Gasteiger partial charge in [0.2, 0.25) is 0 Å². The Hall–Kier alpha value is -1.95. The van der Waals surface area contributed by atoms with E-state index in [2.05, 4.69) is 10.4 Å². The zero-order chi connectivity index (χ0) is 13.7. The van der Waals surface area contributed by atoms with Crippen LogP contribution in [0.1, 0.15) is 5.56 Å². The van der Waals surface area contributed by atoms with Gasteiger partial charge >= 0.3 is 0 Å². The zero-order valence-electron chi connectivity index (χ0n) is 11.0. The van der Waals surface area contributed by atoms with Crippen LogP contribution in [-0.2, 0) is 13.1 Å². The smallest absolute Gasteiger partial charge is 0.160 e. The molecule has 2 rings (SSSR count). The van der Waals surface area contributed by atoms with E-state index in [-0.39, 0.29) is 24.7 Å². The lowest BCUT2D eigenvalue weighted by Gasteiger charge is -2.07. The van der Waals surface area contributed by atoms with Crippen LogP contribution in [0.4, 0.5) is 10.1 Å². The minimum atomic E-state index is -0.434. The number of aromatic nitrogens is 2. The normalized spacial score (nSPS) is 9.90. The summed E-state index contributed by atoms with van der Waals surface area (Å²) in [6.45, 7) is 0.392. The van der Waals surface area contributed by atoms with Gasteiger partial charge in [-0.25, -0.2) is 4.39 Å². The summed E-state index contributed by atoms with van der Waals surface area (Å²) < 4.78 is 18.7. The molecule has 0 aliphatic carbocycles. The lowest BCUT2D eigenvalue weighted by atomic mass is 10.2. The second-order valence-electron chi connectivity index (χ2n) is 4.04. The summed E-state index contributed by atoms with van der Waals surface area (Å²) in [7, 11) is 1.51. The van der Waals surface area contributed by atoms with Crippen LogP contribution in [0.25, 0.3) is 0 Å². The number of alkyl halides is 1. The molecule has 0 unspecified atom stereocenters. The van der Waals surface area contributed by atoms with E-state index in [0.29, 0.717) is 12.3 Å². The van der Waals surface area contributed by atoms with Crippen LogP contribution in [0.15, 0.2) is 30.6 Å². The fourth-order valence-corrected chi connectivity index (χ4v) is 1.70. The molecule has 5 nitrogen and oxygen atoms in total. The first-order valence-electron chi connectivity index (χ1n) is 5.91. The van der Waals surface area contributed by atoms with Gasteiger partial charge in [0.05, 0.1) is 25.5 Å². The summed E-state index contributed by atoms with van der Waals surface area (Å²) in [4.78, 5) is 0. The van der Waals surface area contributed by atoms with Crippen LogP contribution in [0, 0.1) is 0 Å². The van der Waals surface area contributed by atoms with Crippen LogP contribution in [0.3, 0.4) is 0 Å². The number of hydrogen-bond donors (Lipinski definition) is 2. The van der Waals surface area contributed by atoms with Crippen molar-refractivity contribution in [3.8, 4) is 11.5 Å². The molecule has 0 fully saturated rings. The number of phenols is 1. The molecule has 0 saturated carbocycles. The van der Waals surface area contributed by atoms with E-state index in [4.69, 9.17) is 4.74 Å². The number of benzene rings is 1. The van der Waals surface area contributed by atoms with Crippen molar-refractivity contribution in [2.24, 2.45) is 0 Å². The topological polar surface area (TPSA) is 59.3 Å². The lowest BCUT2D eigenvalue weighted by Crippen LogP contribution is -2.00. The standard InChI is InChI=1S/C13H16FN3O2.ClH/c1-19-13-6-10(2-3-12(13)18)7-15-11-8-16-17(9-11)5-4-14;/h2-3,6,8-9,15,18H,4-5,7H2,1H3;1H. The molecule has 0 aliphatic heterocycles. The number of aromatic hydroxyl groups is 1. The Morgan fingerprint density at radius 1 is 1.45 bits per heavy atom. The molecule has 0 saturated heterocycles. The van der Waals surface area contributed by atoms with Crippen molar-refractivity contribution in [3.63, 3.8) is 0 Å². The third-order valence-electron chi connectivity index (χ3n) is 2.69. The number of halogens is 2. The quantitative estimate of drug-likeness (QED) is 0.861. The molecular formula is C13H17ClFN3O2. The van der Waals surface area contributed by atoms with E-state index in [9.17, 15) is 9.50 Å². The molecule has 110 valence electrons. The first kappa shape index (κ1) is 16.1. The molecular weight excluding hydrogens is 285 g/mol. The summed E-state index contributed by atoms with van der Waals surface area (Å²) in [6, 6.07) is 5.15. The van der Waals surface area contributed by atoms with E-state index in [1.807, 2.05) is 0 Å². The number of ether oxygens (including phenoxy) is 1. The minimum absolute atomic E-state index is 0. The maximum atomic E-state index is 12.1. The van der Waals surface area contributed by atoms with E-state index < -0.39 is 6.67 Å². The minimum Gasteiger partial charge on any atom is -0.504 e. The second kappa shape index (κ2) is 7.59. The highest BCUT2D eigenvalue weighted by Crippen LogP contribution is 2.26. The summed E-state index contributed by atoms with van der Waals surface area (Å²) in [5.74, 6) is 0.550. The SMILES string of the molecule is COc1cc(CNc2cnn(CCF)c2)ccc1O.Cl. The third-order valence-corrected chi connectivity index (χ3v) is 2.69. The van der Waals surface area contributed by atoms with Gasteiger partial charge in [0.15, 0.2) is 11.5 Å². The fourth-order valence-electron chi connectivity index (χ4n) is 1.70. The van der Waals surface area contributed by atoms with Crippen molar-refractivity contribution >= 4 is 18.1 Å². The van der Waals surface area contributed by atoms with Gasteiger partial charge in [0, 0.05) is 12.7 Å². The summed E-state index contributed by atoms with van der Waals surface area (Å²) in [5.41, 5.74) is 1.79. The Balaban J connectivity index is 0.00000200. The molecule has 0 spiro atoms. The monoisotopic (exact) mass is 301 g/mol. The maximum absolute atomic E-state index is 12.1. The van der Waals surface area contributed by atoms with Gasteiger partial charge in [-0.1, -0.05) is 6.07 Å². The summed E-state index contributed by atoms with van der Waals surface area (Å²) in [6.07, 6.45) is 3.39. The number of hydrogen-bond acceptors (Lipinski definition) is 4. The first-order valence-corrected chi connectivity index (χ1v) is 5.91. The molecule has 0 atom stereocenters. The number of anilines is 1. The molecule has 1 aromatic carbocycles. The predicted octanol–water partition coefficient (Wildman–Crippen LogP) is 2.60. The van der Waals surface area contributed by atoms with Gasteiger partial charge in [0.25, 0.3) is 0 Å². The number of nitrogens with zero attached hydrogens (tertiary/aromatic N) is 2. The summed E-state index contributed by atoms with van der Waals surface area (Å²) in [5, 5.41) is 16.7. The lowest BCUT2D eigenvalue weighted by molar-refractivity contribution is 0.373. The Kier molecular flexibility index (Phi) is 6.11. The van der Waals surface area contributed by atoms with Gasteiger partial charge in [-0.2, -0.15) is 5.10 Å². The third kappa shape index (κ3) is 4.03. The fraction of sp³-hybridized carbons (Fsp3) is 0.308. The van der Waals surface area contributed by atoms with Crippen molar-refractivity contribution in [2.45, 2.75) is 13.1 Å². The number of nitrogens with one attached hydrogen (secondary N) is 1. The van der Waals surface area contributed by atoms with Crippen molar-refractivity contribution in [2.75, 3.05) is 19.1 Å². The van der Waals surface area contributed by atoms with E-state index in [1.54, 1.807) is 35.3 Å². The molecule has 0 bridgehead atoms. The van der Waals surface area contributed by atoms with Crippen LogP contribution >= 0.6 is 12.4 Å². The van der Waals surface area contributed by atoms with Crippen LogP contribution < -0.4 is 10.1 Å². The largest absolute Gasteiger partial charge is 0.504 e. The Morgan fingerprint density at radius 3 is 2.95 bits per heavy atom. The predicted molar refractivity (Wildman–Crippen MR) is 77.4 cm³/mol. The number of methoxy groups -OCH3 is 1. The molecule has 0 aliphatic rings. The first-order chi connectivity index (χ1) is 9.22. The Bertz CT molecular complexity index is 548. The van der Waals surface area contributed by atoms with Crippen LogP contribution in [0.5, 0.6) is 11.5 Å². The van der Waals surface area contributed by atoms with Crippen LogP contribution in [0.2, 0.25) is 0 Å². The highest BCUT2D eigenvalue weighted by Gasteiger charge is 2.03. The number of phenolic OH excluding ortho intramolecular Hbond substituents is 1. The average Bonchev–Trinajstić information content (AvgIpc) is 2.86. The average molecular weight is 302 g/mol. The molecule has 0 radical (unpaired) electrons. The van der Waals surface area contributed by atoms with Crippen molar-refractivity contribution < 1.29 is 14.2 Å². The molecule has 0 amide bonds. The summed E-state index contributed by atoms with van der Waals surface area (Å²) >= 11 is 0. The van der Waals surface area contributed by atoms with Crippen molar-refractivity contribution in [1.29, 1.82) is 0 Å². The van der Waals surface area contributed by atoms with E-state index in [1.165, 1.54) is 7.11 Å². The zero-order valence-corrected chi connectivity index (χ0v) is 11.9. The van der Waals surface area contributed by atoms with Gasteiger partial charge in [-0.05, 0) is 17.7 Å². The molecule has 2 aromatic rings. The highest BCUT2D eigenvalue weighted by molar-refractivity contribution is 5.85. The van der Waals surface area contributed by atoms with Gasteiger partial charge < -0.3 is 15.2 Å². The van der Waals surface area contributed by atoms with Gasteiger partial charge in [-0.3, -0.25) is 4.68 Å². The maximum Gasteiger partial charge on any atom is 0.160 e. The Morgan fingerprint density at radius 2 is 2.25 bits per heavy atom. The van der Waals surface area contributed by atoms with Crippen molar-refractivity contribution in [1.82, 2.24) is 9.78 Å². The number of rotatable bonds is 6. The van der Waals surface area contributed by atoms with Gasteiger partial charge in [0.1, 0.15) is 6.67 Å². The van der Waals surface area contributed by atoms with Crippen LogP contribution in [-0.4, -0.2) is 28.7 Å². The van der Waals surface area contributed by atoms with Crippen molar-refractivity contribution in [3.05, 3.63) is 36.2 Å². The molecule has 7 heteroatoms. The second-order valence-corrected chi connectivity index (χ2v) is 4.04. The Labute approximate surface area is 122 Å². The molecule has 20 heavy (non-hydrogen) atoms. The van der Waals surface area contributed by atoms with E-state index >= 15 is 0 Å². The highest BCUT2D eigenvalue weighted by atomic mass is 35.5.